The Morgan fingerprint density at radius 3 is 2.14 bits per heavy atom. The fourth-order valence-electron chi connectivity index (χ4n) is 5.16. The van der Waals surface area contributed by atoms with Crippen molar-refractivity contribution >= 4 is 35.1 Å². The van der Waals surface area contributed by atoms with Crippen LogP contribution >= 0.6 is 11.6 Å². The predicted octanol–water partition coefficient (Wildman–Crippen LogP) is 2.96. The van der Waals surface area contributed by atoms with Gasteiger partial charge in [0.25, 0.3) is 5.91 Å². The van der Waals surface area contributed by atoms with E-state index in [0.29, 0.717) is 22.0 Å². The lowest BCUT2D eigenvalue weighted by Gasteiger charge is -2.43. The zero-order valence-corrected chi connectivity index (χ0v) is 25.0. The van der Waals surface area contributed by atoms with Crippen LogP contribution in [0.2, 0.25) is 5.02 Å². The summed E-state index contributed by atoms with van der Waals surface area (Å²) >= 11 is 6.16. The number of hydrogen-bond acceptors (Lipinski definition) is 8. The lowest BCUT2D eigenvalue weighted by Crippen LogP contribution is -2.60. The van der Waals surface area contributed by atoms with E-state index in [0.717, 1.165) is 7.11 Å². The molecule has 3 aromatic rings. The zero-order chi connectivity index (χ0) is 30.5. The highest BCUT2D eigenvalue weighted by molar-refractivity contribution is 6.30. The Balaban J connectivity index is 0.00000201. The highest BCUT2D eigenvalue weighted by Crippen LogP contribution is 2.56. The lowest BCUT2D eigenvalue weighted by atomic mass is 9.70. The van der Waals surface area contributed by atoms with Crippen LogP contribution in [0.3, 0.4) is 0 Å². The number of amides is 2. The third kappa shape index (κ3) is 6.18. The van der Waals surface area contributed by atoms with E-state index < -0.39 is 40.7 Å². The topological polar surface area (TPSA) is 170 Å². The molecule has 42 heavy (non-hydrogen) atoms. The number of anilines is 1. The fraction of sp³-hybridized carbons (Fsp3) is 0.333. The molecule has 1 fully saturated rings. The molecule has 0 radical (unpaired) electrons. The Morgan fingerprint density at radius 2 is 1.62 bits per heavy atom. The van der Waals surface area contributed by atoms with Crippen molar-refractivity contribution in [1.82, 2.24) is 10.3 Å². The molecule has 3 atom stereocenters. The van der Waals surface area contributed by atoms with Gasteiger partial charge in [-0.2, -0.15) is 0 Å². The molecule has 1 saturated heterocycles. The van der Waals surface area contributed by atoms with Crippen LogP contribution in [0.15, 0.2) is 67.0 Å². The first-order chi connectivity index (χ1) is 19.4. The first-order valence-electron chi connectivity index (χ1n) is 12.7. The molecule has 1 aromatic heterocycles. The number of hydrogen-bond donors (Lipinski definition) is 3. The van der Waals surface area contributed by atoms with E-state index in [1.807, 2.05) is 20.8 Å². The van der Waals surface area contributed by atoms with Gasteiger partial charge >= 0.3 is 5.97 Å². The summed E-state index contributed by atoms with van der Waals surface area (Å²) in [4.78, 5) is 47.8. The average molecular weight is 602 g/mol. The summed E-state index contributed by atoms with van der Waals surface area (Å²) in [6.45, 7) is 5.43. The van der Waals surface area contributed by atoms with Gasteiger partial charge in [-0.1, -0.05) is 11.6 Å². The minimum absolute atomic E-state index is 0. The van der Waals surface area contributed by atoms with Crippen LogP contribution in [0.5, 0.6) is 11.5 Å². The number of carbonyl (C=O) groups is 3. The number of aliphatic hydroxyl groups is 1. The Kier molecular flexibility index (Phi) is 11.1. The van der Waals surface area contributed by atoms with E-state index in [9.17, 15) is 19.5 Å². The van der Waals surface area contributed by atoms with Crippen molar-refractivity contribution in [3.05, 3.63) is 83.1 Å². The van der Waals surface area contributed by atoms with Gasteiger partial charge in [0.05, 0.1) is 14.2 Å². The van der Waals surface area contributed by atoms with Crippen LogP contribution in [0, 0.1) is 5.92 Å². The maximum absolute atomic E-state index is 14.7. The van der Waals surface area contributed by atoms with Crippen molar-refractivity contribution in [1.29, 1.82) is 0 Å². The second-order valence-electron chi connectivity index (χ2n) is 10.3. The largest absolute Gasteiger partial charge is 0.508 e. The van der Waals surface area contributed by atoms with Crippen molar-refractivity contribution in [2.75, 3.05) is 26.2 Å². The van der Waals surface area contributed by atoms with Crippen LogP contribution in [0.4, 0.5) is 5.69 Å². The van der Waals surface area contributed by atoms with E-state index in [-0.39, 0.29) is 16.8 Å². The summed E-state index contributed by atoms with van der Waals surface area (Å²) in [6.07, 6.45) is 3.00. The van der Waals surface area contributed by atoms with Crippen molar-refractivity contribution in [3.8, 4) is 11.5 Å². The van der Waals surface area contributed by atoms with Gasteiger partial charge in [-0.3, -0.25) is 24.3 Å². The predicted molar refractivity (Wildman–Crippen MR) is 157 cm³/mol. The minimum atomic E-state index is -1.87. The number of esters is 1. The number of aliphatic hydroxyl groups excluding tert-OH is 1. The second-order valence-corrected chi connectivity index (χ2v) is 10.7. The summed E-state index contributed by atoms with van der Waals surface area (Å²) in [5, 5.41) is 21.6. The molecule has 0 unspecified atom stereocenters. The molecule has 0 bridgehead atoms. The van der Waals surface area contributed by atoms with Crippen molar-refractivity contribution < 1.29 is 39.5 Å². The smallest absolute Gasteiger partial charge is 0.318 e. The molecule has 1 aliphatic heterocycles. The number of nitrogens with one attached hydrogen (secondary N) is 1. The Morgan fingerprint density at radius 1 is 1.02 bits per heavy atom. The van der Waals surface area contributed by atoms with Gasteiger partial charge in [0.2, 0.25) is 5.91 Å². The van der Waals surface area contributed by atoms with E-state index in [2.05, 4.69) is 10.3 Å². The van der Waals surface area contributed by atoms with E-state index in [1.165, 1.54) is 43.6 Å². The average Bonchev–Trinajstić information content (AvgIpc) is 3.23. The number of aromatic hydroxyl groups is 1. The summed E-state index contributed by atoms with van der Waals surface area (Å²) in [7, 11) is 3.63. The summed E-state index contributed by atoms with van der Waals surface area (Å²) in [5.41, 5.74) is -1.74. The number of phenols is 1. The van der Waals surface area contributed by atoms with Gasteiger partial charge < -0.3 is 30.5 Å². The molecule has 2 amide bonds. The molecular weight excluding hydrogens is 566 g/mol. The zero-order valence-electron chi connectivity index (χ0n) is 24.2. The monoisotopic (exact) mass is 601 g/mol. The number of rotatable bonds is 6. The molecule has 1 aliphatic rings. The molecule has 0 spiro atoms. The molecule has 2 aromatic carbocycles. The van der Waals surface area contributed by atoms with E-state index in [1.54, 1.807) is 42.5 Å². The van der Waals surface area contributed by atoms with Gasteiger partial charge in [-0.25, -0.2) is 0 Å². The quantitative estimate of drug-likeness (QED) is 0.286. The molecule has 226 valence electrons. The maximum atomic E-state index is 14.7. The molecule has 0 saturated carbocycles. The maximum Gasteiger partial charge on any atom is 0.318 e. The number of aromatic nitrogens is 1. The molecule has 5 N–H and O–H groups in total. The number of halogens is 1. The Hall–Kier alpha value is -4.19. The summed E-state index contributed by atoms with van der Waals surface area (Å²) in [6, 6.07) is 14.1. The molecule has 2 heterocycles. The molecular formula is C30H36ClN3O8. The van der Waals surface area contributed by atoms with Crippen molar-refractivity contribution in [2.24, 2.45) is 5.92 Å². The van der Waals surface area contributed by atoms with Gasteiger partial charge in [0, 0.05) is 47.2 Å². The SMILES string of the molecule is CO.COC(=O)[C@@H]1C(=O)N(c2ccc(Cl)cc2)[C@@](C(=O)NC(C)(C)C)(c2ccncc2)[C@H]1c1cc(OC)ccc1O.O. The molecule has 0 aliphatic carbocycles. The Labute approximate surface area is 249 Å². The Bertz CT molecular complexity index is 1400. The van der Waals surface area contributed by atoms with Gasteiger partial charge in [-0.05, 0) is 80.9 Å². The first kappa shape index (κ1) is 34.0. The third-order valence-corrected chi connectivity index (χ3v) is 6.94. The van der Waals surface area contributed by atoms with Gasteiger partial charge in [0.15, 0.2) is 5.54 Å². The highest BCUT2D eigenvalue weighted by Gasteiger charge is 2.67. The number of pyridine rings is 1. The fourth-order valence-corrected chi connectivity index (χ4v) is 5.28. The number of methoxy groups -OCH3 is 2. The molecule has 11 nitrogen and oxygen atoms in total. The van der Waals surface area contributed by atoms with Crippen molar-refractivity contribution in [2.45, 2.75) is 37.8 Å². The molecule has 12 heteroatoms. The number of benzene rings is 2. The summed E-state index contributed by atoms with van der Waals surface area (Å²) in [5.74, 6) is -4.70. The third-order valence-electron chi connectivity index (χ3n) is 6.69. The number of phenolic OH excluding ortho intramolecular Hbond substituents is 1. The molecule has 4 rings (SSSR count). The van der Waals surface area contributed by atoms with Crippen LogP contribution in [-0.2, 0) is 24.7 Å². The van der Waals surface area contributed by atoms with Crippen molar-refractivity contribution in [3.63, 3.8) is 0 Å². The van der Waals surface area contributed by atoms with Gasteiger partial charge in [-0.15, -0.1) is 0 Å². The number of carbonyl (C=O) groups excluding carboxylic acids is 3. The second kappa shape index (κ2) is 13.6. The van der Waals surface area contributed by atoms with Crippen LogP contribution < -0.4 is 15.0 Å². The summed E-state index contributed by atoms with van der Waals surface area (Å²) < 4.78 is 10.5. The minimum Gasteiger partial charge on any atom is -0.508 e. The highest BCUT2D eigenvalue weighted by atomic mass is 35.5. The van der Waals surface area contributed by atoms with E-state index in [4.69, 9.17) is 26.2 Å². The van der Waals surface area contributed by atoms with Gasteiger partial charge in [0.1, 0.15) is 17.4 Å². The standard InChI is InChI=1S/C29H30ClN3O6.CH4O.H2O/c1-28(2,3)32-27(37)29(17-12-14-31-15-13-17)24(21-16-20(38-4)10-11-22(21)34)23(26(36)39-5)25(35)33(29)19-8-6-18(30)7-9-19;1-2;/h6-16,23-24,34H,1-5H3,(H,32,37);2H,1H3;1H2/t23-,24-,29-;;/m0../s1. The van der Waals surface area contributed by atoms with Crippen LogP contribution in [-0.4, -0.2) is 65.3 Å². The van der Waals surface area contributed by atoms with Crippen LogP contribution in [0.1, 0.15) is 37.8 Å². The first-order valence-corrected chi connectivity index (χ1v) is 13.1. The normalized spacial score (nSPS) is 19.6. The van der Waals surface area contributed by atoms with E-state index >= 15 is 0 Å². The number of ether oxygens (including phenoxy) is 2. The van der Waals surface area contributed by atoms with Crippen LogP contribution in [0.25, 0.3) is 0 Å². The lowest BCUT2D eigenvalue weighted by molar-refractivity contribution is -0.148. The number of nitrogens with zero attached hydrogens (tertiary/aromatic N) is 2.